The number of aromatic nitrogens is 2. The maximum Gasteiger partial charge on any atom is 0.270 e. The SMILES string of the molecule is COc1cnccc1CCCCOc1cc(=O)n(C)cc1-c1cc([N+](=O)[O-])ccc1F. The van der Waals surface area contributed by atoms with E-state index in [0.29, 0.717) is 13.0 Å². The van der Waals surface area contributed by atoms with Gasteiger partial charge in [0.15, 0.2) is 0 Å². The second-order valence-corrected chi connectivity index (χ2v) is 6.91. The number of nitro groups is 1. The molecule has 0 aliphatic rings. The summed E-state index contributed by atoms with van der Waals surface area (Å²) in [5.74, 6) is 0.265. The molecule has 0 atom stereocenters. The Morgan fingerprint density at radius 2 is 1.97 bits per heavy atom. The Bertz CT molecular complexity index is 1150. The Morgan fingerprint density at radius 1 is 1.16 bits per heavy atom. The zero-order valence-corrected chi connectivity index (χ0v) is 17.2. The van der Waals surface area contributed by atoms with Crippen molar-refractivity contribution in [3.8, 4) is 22.6 Å². The molecule has 0 saturated carbocycles. The molecule has 0 amide bonds. The van der Waals surface area contributed by atoms with Crippen LogP contribution in [0.2, 0.25) is 0 Å². The Labute approximate surface area is 178 Å². The predicted octanol–water partition coefficient (Wildman–Crippen LogP) is 3.90. The molecule has 2 heterocycles. The number of hydrogen-bond donors (Lipinski definition) is 0. The van der Waals surface area contributed by atoms with Crippen LogP contribution in [-0.4, -0.2) is 28.2 Å². The van der Waals surface area contributed by atoms with Gasteiger partial charge in [0.25, 0.3) is 11.2 Å². The van der Waals surface area contributed by atoms with Gasteiger partial charge in [-0.05, 0) is 37.0 Å². The van der Waals surface area contributed by atoms with Crippen LogP contribution in [0.3, 0.4) is 0 Å². The quantitative estimate of drug-likeness (QED) is 0.292. The van der Waals surface area contributed by atoms with Crippen molar-refractivity contribution >= 4 is 5.69 Å². The summed E-state index contributed by atoms with van der Waals surface area (Å²) in [5, 5.41) is 11.1. The van der Waals surface area contributed by atoms with E-state index in [-0.39, 0.29) is 28.1 Å². The van der Waals surface area contributed by atoms with Gasteiger partial charge in [0.1, 0.15) is 17.3 Å². The zero-order valence-electron chi connectivity index (χ0n) is 17.2. The van der Waals surface area contributed by atoms with Crippen molar-refractivity contribution in [3.63, 3.8) is 0 Å². The molecule has 0 aliphatic carbocycles. The number of unbranched alkanes of at least 4 members (excludes halogenated alkanes) is 1. The molecule has 0 N–H and O–H groups in total. The number of hydrogen-bond acceptors (Lipinski definition) is 6. The Hall–Kier alpha value is -3.75. The third-order valence-corrected chi connectivity index (χ3v) is 4.83. The van der Waals surface area contributed by atoms with Gasteiger partial charge < -0.3 is 14.0 Å². The van der Waals surface area contributed by atoms with Crippen LogP contribution in [0.15, 0.2) is 53.7 Å². The number of aryl methyl sites for hydroxylation is 2. The van der Waals surface area contributed by atoms with Crippen LogP contribution in [0.5, 0.6) is 11.5 Å². The maximum atomic E-state index is 14.5. The molecule has 0 radical (unpaired) electrons. The number of pyridine rings is 2. The van der Waals surface area contributed by atoms with Gasteiger partial charge in [0, 0.05) is 48.8 Å². The first-order valence-electron chi connectivity index (χ1n) is 9.65. The molecule has 0 spiro atoms. The van der Waals surface area contributed by atoms with Crippen LogP contribution in [-0.2, 0) is 13.5 Å². The molecule has 0 fully saturated rings. The predicted molar refractivity (Wildman–Crippen MR) is 113 cm³/mol. The van der Waals surface area contributed by atoms with Gasteiger partial charge in [-0.1, -0.05) is 0 Å². The van der Waals surface area contributed by atoms with Crippen LogP contribution < -0.4 is 15.0 Å². The van der Waals surface area contributed by atoms with Crippen LogP contribution >= 0.6 is 0 Å². The highest BCUT2D eigenvalue weighted by molar-refractivity contribution is 5.72. The monoisotopic (exact) mass is 427 g/mol. The lowest BCUT2D eigenvalue weighted by atomic mass is 10.0. The number of halogens is 1. The fraction of sp³-hybridized carbons (Fsp3) is 0.273. The zero-order chi connectivity index (χ0) is 22.4. The third-order valence-electron chi connectivity index (χ3n) is 4.83. The molecule has 9 heteroatoms. The van der Waals surface area contributed by atoms with Crippen molar-refractivity contribution in [2.24, 2.45) is 7.05 Å². The van der Waals surface area contributed by atoms with E-state index in [4.69, 9.17) is 9.47 Å². The fourth-order valence-corrected chi connectivity index (χ4v) is 3.17. The molecule has 0 aliphatic heterocycles. The summed E-state index contributed by atoms with van der Waals surface area (Å²) >= 11 is 0. The largest absolute Gasteiger partial charge is 0.495 e. The van der Waals surface area contributed by atoms with Gasteiger partial charge in [-0.2, -0.15) is 0 Å². The molecular formula is C22H22FN3O5. The highest BCUT2D eigenvalue weighted by Crippen LogP contribution is 2.33. The first kappa shape index (κ1) is 21.9. The van der Waals surface area contributed by atoms with Gasteiger partial charge in [-0.3, -0.25) is 19.9 Å². The molecule has 0 saturated heterocycles. The molecule has 8 nitrogen and oxygen atoms in total. The third kappa shape index (κ3) is 5.25. The van der Waals surface area contributed by atoms with Gasteiger partial charge in [-0.25, -0.2) is 4.39 Å². The summed E-state index contributed by atoms with van der Waals surface area (Å²) in [5.41, 5.74) is 0.736. The van der Waals surface area contributed by atoms with Crippen molar-refractivity contribution in [1.29, 1.82) is 0 Å². The summed E-state index contributed by atoms with van der Waals surface area (Å²) in [6, 6.07) is 6.42. The normalized spacial score (nSPS) is 10.7. The van der Waals surface area contributed by atoms with Crippen LogP contribution in [0.1, 0.15) is 18.4 Å². The minimum Gasteiger partial charge on any atom is -0.495 e. The average molecular weight is 427 g/mol. The van der Waals surface area contributed by atoms with E-state index in [0.717, 1.165) is 42.4 Å². The van der Waals surface area contributed by atoms with Crippen LogP contribution in [0.4, 0.5) is 10.1 Å². The number of nitrogens with zero attached hydrogens (tertiary/aromatic N) is 3. The van der Waals surface area contributed by atoms with Gasteiger partial charge >= 0.3 is 0 Å². The van der Waals surface area contributed by atoms with E-state index in [1.807, 2.05) is 6.07 Å². The number of ether oxygens (including phenoxy) is 2. The highest BCUT2D eigenvalue weighted by Gasteiger charge is 2.17. The molecule has 3 rings (SSSR count). The maximum absolute atomic E-state index is 14.5. The Kier molecular flexibility index (Phi) is 6.96. The van der Waals surface area contributed by atoms with Gasteiger partial charge in [0.2, 0.25) is 0 Å². The van der Waals surface area contributed by atoms with E-state index in [9.17, 15) is 19.3 Å². The molecule has 0 bridgehead atoms. The fourth-order valence-electron chi connectivity index (χ4n) is 3.17. The number of benzene rings is 1. The lowest BCUT2D eigenvalue weighted by Gasteiger charge is -2.14. The first-order valence-corrected chi connectivity index (χ1v) is 9.65. The molecule has 31 heavy (non-hydrogen) atoms. The van der Waals surface area contributed by atoms with Crippen molar-refractivity contribution in [1.82, 2.24) is 9.55 Å². The van der Waals surface area contributed by atoms with E-state index in [2.05, 4.69) is 4.98 Å². The molecule has 2 aromatic heterocycles. The Balaban J connectivity index is 1.75. The molecular weight excluding hydrogens is 405 g/mol. The first-order chi connectivity index (χ1) is 14.9. The standard InChI is InChI=1S/C22H22FN3O5/c1-25-14-18(17-11-16(26(28)29)6-7-19(17)23)20(12-22(25)27)31-10-4-3-5-15-8-9-24-13-21(15)30-2/h6-9,11-14H,3-5,10H2,1-2H3. The summed E-state index contributed by atoms with van der Waals surface area (Å²) in [6.07, 6.45) is 7.02. The summed E-state index contributed by atoms with van der Waals surface area (Å²) in [6.45, 7) is 0.296. The van der Waals surface area contributed by atoms with Crippen LogP contribution in [0, 0.1) is 15.9 Å². The number of nitro benzene ring substituents is 1. The highest BCUT2D eigenvalue weighted by atomic mass is 19.1. The lowest BCUT2D eigenvalue weighted by molar-refractivity contribution is -0.384. The minimum atomic E-state index is -0.640. The summed E-state index contributed by atoms with van der Waals surface area (Å²) < 4.78 is 26.8. The molecule has 1 aromatic carbocycles. The van der Waals surface area contributed by atoms with E-state index in [1.54, 1.807) is 19.5 Å². The second kappa shape index (κ2) is 9.84. The Morgan fingerprint density at radius 3 is 2.71 bits per heavy atom. The minimum absolute atomic E-state index is 0.00122. The molecule has 3 aromatic rings. The van der Waals surface area contributed by atoms with E-state index in [1.165, 1.54) is 23.9 Å². The van der Waals surface area contributed by atoms with Gasteiger partial charge in [0.05, 0.1) is 24.8 Å². The van der Waals surface area contributed by atoms with E-state index >= 15 is 0 Å². The summed E-state index contributed by atoms with van der Waals surface area (Å²) in [4.78, 5) is 26.6. The van der Waals surface area contributed by atoms with Crippen molar-refractivity contribution in [3.05, 3.63) is 80.8 Å². The smallest absolute Gasteiger partial charge is 0.270 e. The number of methoxy groups -OCH3 is 1. The number of rotatable bonds is 9. The van der Waals surface area contributed by atoms with Crippen molar-refractivity contribution in [2.75, 3.05) is 13.7 Å². The summed E-state index contributed by atoms with van der Waals surface area (Å²) in [7, 11) is 3.11. The van der Waals surface area contributed by atoms with Crippen LogP contribution in [0.25, 0.3) is 11.1 Å². The van der Waals surface area contributed by atoms with Gasteiger partial charge in [-0.15, -0.1) is 0 Å². The molecule has 162 valence electrons. The number of non-ortho nitro benzene ring substituents is 1. The molecule has 0 unspecified atom stereocenters. The average Bonchev–Trinajstić information content (AvgIpc) is 2.76. The van der Waals surface area contributed by atoms with Crippen molar-refractivity contribution in [2.45, 2.75) is 19.3 Å². The second-order valence-electron chi connectivity index (χ2n) is 6.91. The lowest BCUT2D eigenvalue weighted by Crippen LogP contribution is -2.16. The van der Waals surface area contributed by atoms with E-state index < -0.39 is 10.7 Å². The van der Waals surface area contributed by atoms with Crippen molar-refractivity contribution < 1.29 is 18.8 Å². The topological polar surface area (TPSA) is 96.5 Å².